The third-order valence-electron chi connectivity index (χ3n) is 3.15. The van der Waals surface area contributed by atoms with Crippen LogP contribution in [0.25, 0.3) is 0 Å². The molecule has 0 bridgehead atoms. The number of ketones is 1. The third-order valence-corrected chi connectivity index (χ3v) is 4.39. The van der Waals surface area contributed by atoms with Crippen LogP contribution in [0.3, 0.4) is 0 Å². The van der Waals surface area contributed by atoms with Gasteiger partial charge in [0.15, 0.2) is 5.78 Å². The van der Waals surface area contributed by atoms with Crippen molar-refractivity contribution in [2.75, 3.05) is 5.75 Å². The second-order valence-corrected chi connectivity index (χ2v) is 6.14. The summed E-state index contributed by atoms with van der Waals surface area (Å²) in [6.45, 7) is 2.08. The molecule has 20 heavy (non-hydrogen) atoms. The van der Waals surface area contributed by atoms with Crippen LogP contribution < -0.4 is 0 Å². The van der Waals surface area contributed by atoms with Gasteiger partial charge in [0.25, 0.3) is 0 Å². The monoisotopic (exact) mass is 286 g/mol. The molecule has 1 unspecified atom stereocenters. The van der Waals surface area contributed by atoms with Crippen LogP contribution in [-0.2, 0) is 23.0 Å². The van der Waals surface area contributed by atoms with Gasteiger partial charge in [-0.05, 0) is 17.5 Å². The van der Waals surface area contributed by atoms with Crippen molar-refractivity contribution in [1.29, 1.82) is 0 Å². The second-order valence-electron chi connectivity index (χ2n) is 4.69. The van der Waals surface area contributed by atoms with Crippen molar-refractivity contribution < 1.29 is 9.00 Å². The molecule has 0 amide bonds. The van der Waals surface area contributed by atoms with E-state index in [1.54, 1.807) is 0 Å². The molecule has 0 N–H and O–H groups in total. The number of Topliss-reactive ketones (excluding diaryl/α,β-unsaturated/α-hetero) is 1. The zero-order valence-corrected chi connectivity index (χ0v) is 12.4. The van der Waals surface area contributed by atoms with E-state index in [1.807, 2.05) is 54.6 Å². The van der Waals surface area contributed by atoms with E-state index in [1.165, 1.54) is 5.56 Å². The van der Waals surface area contributed by atoms with Crippen molar-refractivity contribution >= 4 is 16.6 Å². The largest absolute Gasteiger partial charge is 0.293 e. The molecule has 0 aliphatic heterocycles. The molecule has 0 saturated heterocycles. The average molecular weight is 286 g/mol. The minimum absolute atomic E-state index is 0.0538. The van der Waals surface area contributed by atoms with Gasteiger partial charge < -0.3 is 0 Å². The molecule has 0 aliphatic carbocycles. The fraction of sp³-hybridized carbons (Fsp3) is 0.235. The lowest BCUT2D eigenvalue weighted by Gasteiger charge is -2.04. The molecule has 0 heterocycles. The first-order valence-electron chi connectivity index (χ1n) is 6.70. The summed E-state index contributed by atoms with van der Waals surface area (Å²) in [4.78, 5) is 12.1. The molecule has 0 aromatic heterocycles. The summed E-state index contributed by atoms with van der Waals surface area (Å²) in [5.41, 5.74) is 2.84. The van der Waals surface area contributed by atoms with E-state index in [4.69, 9.17) is 0 Å². The van der Waals surface area contributed by atoms with Crippen molar-refractivity contribution in [2.24, 2.45) is 0 Å². The molecule has 0 fully saturated rings. The first-order valence-corrected chi connectivity index (χ1v) is 8.19. The zero-order valence-electron chi connectivity index (χ0n) is 11.5. The van der Waals surface area contributed by atoms with Crippen LogP contribution in [0, 0.1) is 0 Å². The predicted molar refractivity (Wildman–Crippen MR) is 83.3 cm³/mol. The molecular formula is C17H18O2S. The minimum Gasteiger partial charge on any atom is -0.293 e. The third kappa shape index (κ3) is 4.14. The summed E-state index contributed by atoms with van der Waals surface area (Å²) in [6.07, 6.45) is 0.953. The lowest BCUT2D eigenvalue weighted by atomic mass is 10.1. The first kappa shape index (κ1) is 14.7. The van der Waals surface area contributed by atoms with E-state index in [0.29, 0.717) is 11.3 Å². The maximum absolute atomic E-state index is 12.1. The Kier molecular flexibility index (Phi) is 5.24. The number of aryl methyl sites for hydroxylation is 1. The molecule has 2 aromatic carbocycles. The van der Waals surface area contributed by atoms with Crippen LogP contribution in [0.4, 0.5) is 0 Å². The SMILES string of the molecule is CCc1ccc(C(=O)CS(=O)Cc2ccccc2)cc1. The van der Waals surface area contributed by atoms with Crippen LogP contribution in [-0.4, -0.2) is 15.7 Å². The fourth-order valence-electron chi connectivity index (χ4n) is 1.97. The number of rotatable bonds is 6. The Morgan fingerprint density at radius 1 is 0.950 bits per heavy atom. The topological polar surface area (TPSA) is 34.1 Å². The molecule has 1 atom stereocenters. The van der Waals surface area contributed by atoms with Gasteiger partial charge in [-0.25, -0.2) is 0 Å². The van der Waals surface area contributed by atoms with E-state index >= 15 is 0 Å². The molecule has 0 aliphatic rings. The second kappa shape index (κ2) is 7.15. The Bertz CT molecular complexity index is 588. The summed E-state index contributed by atoms with van der Waals surface area (Å²) in [6, 6.07) is 17.2. The fourth-order valence-corrected chi connectivity index (χ4v) is 3.09. The van der Waals surface area contributed by atoms with Crippen molar-refractivity contribution in [3.63, 3.8) is 0 Å². The van der Waals surface area contributed by atoms with Crippen LogP contribution in [0.2, 0.25) is 0 Å². The number of carbonyl (C=O) groups is 1. The Balaban J connectivity index is 1.95. The lowest BCUT2D eigenvalue weighted by Crippen LogP contribution is -2.12. The molecule has 2 nitrogen and oxygen atoms in total. The number of carbonyl (C=O) groups excluding carboxylic acids is 1. The molecule has 0 spiro atoms. The number of hydrogen-bond acceptors (Lipinski definition) is 2. The van der Waals surface area contributed by atoms with E-state index in [2.05, 4.69) is 6.92 Å². The van der Waals surface area contributed by atoms with E-state index < -0.39 is 10.8 Å². The Hall–Kier alpha value is -1.74. The van der Waals surface area contributed by atoms with Gasteiger partial charge in [-0.2, -0.15) is 0 Å². The molecule has 3 heteroatoms. The molecule has 0 radical (unpaired) electrons. The summed E-state index contributed by atoms with van der Waals surface area (Å²) in [7, 11) is -1.16. The van der Waals surface area contributed by atoms with Crippen LogP contribution in [0.15, 0.2) is 54.6 Å². The Labute approximate surface area is 122 Å². The zero-order chi connectivity index (χ0) is 14.4. The maximum atomic E-state index is 12.1. The van der Waals surface area contributed by atoms with E-state index in [0.717, 1.165) is 12.0 Å². The minimum atomic E-state index is -1.16. The van der Waals surface area contributed by atoms with Crippen LogP contribution in [0.5, 0.6) is 0 Å². The first-order chi connectivity index (χ1) is 9.69. The lowest BCUT2D eigenvalue weighted by molar-refractivity contribution is 0.102. The highest BCUT2D eigenvalue weighted by atomic mass is 32.2. The highest BCUT2D eigenvalue weighted by molar-refractivity contribution is 7.85. The van der Waals surface area contributed by atoms with Crippen LogP contribution in [0.1, 0.15) is 28.4 Å². The van der Waals surface area contributed by atoms with Gasteiger partial charge >= 0.3 is 0 Å². The molecule has 2 aromatic rings. The molecule has 104 valence electrons. The number of benzene rings is 2. The molecule has 2 rings (SSSR count). The summed E-state index contributed by atoms with van der Waals surface area (Å²) in [5.74, 6) is 0.460. The van der Waals surface area contributed by atoms with Gasteiger partial charge in [0.05, 0.1) is 5.75 Å². The quantitative estimate of drug-likeness (QED) is 0.763. The van der Waals surface area contributed by atoms with E-state index in [-0.39, 0.29) is 11.5 Å². The Morgan fingerprint density at radius 2 is 1.60 bits per heavy atom. The molecular weight excluding hydrogens is 268 g/mol. The van der Waals surface area contributed by atoms with Gasteiger partial charge in [-0.1, -0.05) is 61.5 Å². The van der Waals surface area contributed by atoms with E-state index in [9.17, 15) is 9.00 Å². The van der Waals surface area contributed by atoms with Gasteiger partial charge in [0.2, 0.25) is 0 Å². The van der Waals surface area contributed by atoms with Crippen molar-refractivity contribution in [2.45, 2.75) is 19.1 Å². The summed E-state index contributed by atoms with van der Waals surface area (Å²) >= 11 is 0. The predicted octanol–water partition coefficient (Wildman–Crippen LogP) is 3.38. The van der Waals surface area contributed by atoms with Gasteiger partial charge in [-0.15, -0.1) is 0 Å². The Morgan fingerprint density at radius 3 is 2.20 bits per heavy atom. The van der Waals surface area contributed by atoms with Gasteiger partial charge in [-0.3, -0.25) is 9.00 Å². The maximum Gasteiger partial charge on any atom is 0.175 e. The smallest absolute Gasteiger partial charge is 0.175 e. The van der Waals surface area contributed by atoms with Crippen molar-refractivity contribution in [3.8, 4) is 0 Å². The standard InChI is InChI=1S/C17H18O2S/c1-2-14-8-10-16(11-9-14)17(18)13-20(19)12-15-6-4-3-5-7-15/h3-11H,2,12-13H2,1H3. The summed E-state index contributed by atoms with van der Waals surface area (Å²) < 4.78 is 12.0. The summed E-state index contributed by atoms with van der Waals surface area (Å²) in [5, 5.41) is 0. The molecule has 0 saturated carbocycles. The average Bonchev–Trinajstić information content (AvgIpc) is 2.48. The van der Waals surface area contributed by atoms with Gasteiger partial charge in [0.1, 0.15) is 0 Å². The van der Waals surface area contributed by atoms with Gasteiger partial charge in [0, 0.05) is 22.1 Å². The highest BCUT2D eigenvalue weighted by Gasteiger charge is 2.11. The van der Waals surface area contributed by atoms with Crippen molar-refractivity contribution in [3.05, 3.63) is 71.3 Å². The van der Waals surface area contributed by atoms with Crippen LogP contribution >= 0.6 is 0 Å². The van der Waals surface area contributed by atoms with Crippen molar-refractivity contribution in [1.82, 2.24) is 0 Å². The normalized spacial score (nSPS) is 12.1. The number of hydrogen-bond donors (Lipinski definition) is 0. The highest BCUT2D eigenvalue weighted by Crippen LogP contribution is 2.08.